The van der Waals surface area contributed by atoms with Gasteiger partial charge in [-0.2, -0.15) is 0 Å². The Morgan fingerprint density at radius 3 is 2.36 bits per heavy atom. The van der Waals surface area contributed by atoms with Gasteiger partial charge in [-0.3, -0.25) is 0 Å². The van der Waals surface area contributed by atoms with Gasteiger partial charge in [-0.05, 0) is 80.4 Å². The van der Waals surface area contributed by atoms with E-state index in [-0.39, 0.29) is 17.6 Å². The van der Waals surface area contributed by atoms with Crippen molar-refractivity contribution in [2.45, 2.75) is 61.7 Å². The first kappa shape index (κ1) is 25.2. The van der Waals surface area contributed by atoms with Gasteiger partial charge in [0.1, 0.15) is 11.5 Å². The zero-order valence-electron chi connectivity index (χ0n) is 21.3. The number of hydrogen-bond acceptors (Lipinski definition) is 4. The molecule has 0 unspecified atom stereocenters. The van der Waals surface area contributed by atoms with Gasteiger partial charge in [0.2, 0.25) is 0 Å². The highest BCUT2D eigenvalue weighted by atomic mass is 32.2. The highest BCUT2D eigenvalue weighted by Gasteiger charge is 2.33. The largest absolute Gasteiger partial charge is 0.508 e. The maximum Gasteiger partial charge on any atom is 0.126 e. The van der Waals surface area contributed by atoms with Gasteiger partial charge >= 0.3 is 0 Å². The van der Waals surface area contributed by atoms with Crippen LogP contribution in [0.25, 0.3) is 0 Å². The summed E-state index contributed by atoms with van der Waals surface area (Å²) in [5, 5.41) is 9.99. The SMILES string of the molecule is Oc1ccc2c(c1)OC[C@@H](c1ccccc1)[C@H]2c1ccc(SCCCCCCCN2CCCC2)cc1. The number of unbranched alkanes of at least 4 members (excludes halogenated alkanes) is 4. The van der Waals surface area contributed by atoms with Crippen molar-refractivity contribution in [3.63, 3.8) is 0 Å². The molecule has 2 aliphatic heterocycles. The molecule has 1 N–H and O–H groups in total. The molecule has 0 bridgehead atoms. The maximum absolute atomic E-state index is 9.99. The highest BCUT2D eigenvalue weighted by molar-refractivity contribution is 7.99. The zero-order valence-corrected chi connectivity index (χ0v) is 22.1. The number of fused-ring (bicyclic) bond motifs is 1. The minimum absolute atomic E-state index is 0.205. The van der Waals surface area contributed by atoms with Crippen LogP contribution in [-0.2, 0) is 0 Å². The number of nitrogens with zero attached hydrogens (tertiary/aromatic N) is 1. The predicted molar refractivity (Wildman–Crippen MR) is 151 cm³/mol. The van der Waals surface area contributed by atoms with Crippen LogP contribution in [0.5, 0.6) is 11.5 Å². The summed E-state index contributed by atoms with van der Waals surface area (Å²) < 4.78 is 6.11. The number of phenols is 1. The summed E-state index contributed by atoms with van der Waals surface area (Å²) in [4.78, 5) is 3.98. The van der Waals surface area contributed by atoms with Crippen molar-refractivity contribution in [3.05, 3.63) is 89.5 Å². The van der Waals surface area contributed by atoms with Crippen LogP contribution in [0.2, 0.25) is 0 Å². The molecule has 190 valence electrons. The topological polar surface area (TPSA) is 32.7 Å². The van der Waals surface area contributed by atoms with E-state index in [1.54, 1.807) is 12.1 Å². The lowest BCUT2D eigenvalue weighted by molar-refractivity contribution is 0.248. The second kappa shape index (κ2) is 12.7. The summed E-state index contributed by atoms with van der Waals surface area (Å²) in [7, 11) is 0. The Hall–Kier alpha value is -2.43. The molecule has 0 amide bonds. The molecule has 36 heavy (non-hydrogen) atoms. The molecule has 0 aromatic heterocycles. The van der Waals surface area contributed by atoms with Crippen LogP contribution in [0.1, 0.15) is 73.5 Å². The minimum Gasteiger partial charge on any atom is -0.508 e. The van der Waals surface area contributed by atoms with Gasteiger partial charge in [0.25, 0.3) is 0 Å². The molecule has 2 atom stereocenters. The zero-order chi connectivity index (χ0) is 24.6. The first-order chi connectivity index (χ1) is 17.8. The Labute approximate surface area is 220 Å². The fourth-order valence-corrected chi connectivity index (χ4v) is 6.65. The lowest BCUT2D eigenvalue weighted by Crippen LogP contribution is -2.25. The molecule has 1 fully saturated rings. The quantitative estimate of drug-likeness (QED) is 0.214. The number of benzene rings is 3. The lowest BCUT2D eigenvalue weighted by atomic mass is 9.76. The van der Waals surface area contributed by atoms with Crippen molar-refractivity contribution in [1.82, 2.24) is 4.90 Å². The third-order valence-electron chi connectivity index (χ3n) is 7.71. The van der Waals surface area contributed by atoms with Crippen molar-refractivity contribution in [1.29, 1.82) is 0 Å². The van der Waals surface area contributed by atoms with E-state index in [1.807, 2.05) is 17.8 Å². The number of likely N-dealkylation sites (tertiary alicyclic amines) is 1. The average Bonchev–Trinajstić information content (AvgIpc) is 3.44. The molecule has 2 aliphatic rings. The first-order valence-electron chi connectivity index (χ1n) is 13.7. The molecule has 3 aromatic rings. The van der Waals surface area contributed by atoms with Gasteiger partial charge in [0, 0.05) is 28.4 Å². The van der Waals surface area contributed by atoms with E-state index in [1.165, 1.54) is 86.4 Å². The van der Waals surface area contributed by atoms with E-state index in [4.69, 9.17) is 4.74 Å². The van der Waals surface area contributed by atoms with Crippen molar-refractivity contribution < 1.29 is 9.84 Å². The summed E-state index contributed by atoms with van der Waals surface area (Å²) >= 11 is 1.98. The van der Waals surface area contributed by atoms with Crippen molar-refractivity contribution in [2.24, 2.45) is 0 Å². The Morgan fingerprint density at radius 1 is 0.806 bits per heavy atom. The molecule has 4 heteroatoms. The van der Waals surface area contributed by atoms with E-state index in [0.29, 0.717) is 6.61 Å². The van der Waals surface area contributed by atoms with Gasteiger partial charge in [-0.25, -0.2) is 0 Å². The molecule has 0 spiro atoms. The summed E-state index contributed by atoms with van der Waals surface area (Å²) in [6.07, 6.45) is 9.55. The van der Waals surface area contributed by atoms with Crippen LogP contribution in [0.15, 0.2) is 77.7 Å². The molecular formula is C32H39NO2S. The van der Waals surface area contributed by atoms with Crippen LogP contribution < -0.4 is 4.74 Å². The van der Waals surface area contributed by atoms with Crippen LogP contribution in [0.4, 0.5) is 0 Å². The Kier molecular flexibility index (Phi) is 8.90. The fourth-order valence-electron chi connectivity index (χ4n) is 5.73. The van der Waals surface area contributed by atoms with Gasteiger partial charge in [0.15, 0.2) is 0 Å². The second-order valence-corrected chi connectivity index (χ2v) is 11.4. The van der Waals surface area contributed by atoms with Crippen LogP contribution in [0.3, 0.4) is 0 Å². The number of rotatable bonds is 11. The monoisotopic (exact) mass is 501 g/mol. The minimum atomic E-state index is 0.205. The molecule has 1 saturated heterocycles. The predicted octanol–water partition coefficient (Wildman–Crippen LogP) is 7.84. The van der Waals surface area contributed by atoms with E-state index in [9.17, 15) is 5.11 Å². The number of hydrogen-bond donors (Lipinski definition) is 1. The molecule has 3 nitrogen and oxygen atoms in total. The number of aromatic hydroxyl groups is 1. The average molecular weight is 502 g/mol. The molecule has 5 rings (SSSR count). The summed E-state index contributed by atoms with van der Waals surface area (Å²) in [6, 6.07) is 25.4. The van der Waals surface area contributed by atoms with Crippen molar-refractivity contribution >= 4 is 11.8 Å². The van der Waals surface area contributed by atoms with Crippen LogP contribution in [0, 0.1) is 0 Å². The smallest absolute Gasteiger partial charge is 0.126 e. The van der Waals surface area contributed by atoms with Gasteiger partial charge in [-0.15, -0.1) is 11.8 Å². The standard InChI is InChI=1S/C32H39NO2S/c34-27-15-18-29-31(23-27)35-24-30(25-11-5-4-6-12-25)32(29)26-13-16-28(17-14-26)36-22-10-3-1-2-7-19-33-20-8-9-21-33/h4-6,11-18,23,30,32,34H,1-3,7-10,19-22,24H2/t30-,32-/m0/s1. The molecule has 0 saturated carbocycles. The molecule has 0 aliphatic carbocycles. The molecule has 0 radical (unpaired) electrons. The van der Waals surface area contributed by atoms with Gasteiger partial charge in [-0.1, -0.05) is 67.8 Å². The Bertz CT molecular complexity index is 1080. The second-order valence-electron chi connectivity index (χ2n) is 10.3. The highest BCUT2D eigenvalue weighted by Crippen LogP contribution is 2.47. The first-order valence-corrected chi connectivity index (χ1v) is 14.7. The molecular weight excluding hydrogens is 462 g/mol. The van der Waals surface area contributed by atoms with E-state index >= 15 is 0 Å². The third-order valence-corrected chi connectivity index (χ3v) is 8.80. The summed E-state index contributed by atoms with van der Waals surface area (Å²) in [6.45, 7) is 4.57. The van der Waals surface area contributed by atoms with Gasteiger partial charge < -0.3 is 14.7 Å². The van der Waals surface area contributed by atoms with Crippen LogP contribution >= 0.6 is 11.8 Å². The van der Waals surface area contributed by atoms with E-state index < -0.39 is 0 Å². The number of ether oxygens (including phenoxy) is 1. The maximum atomic E-state index is 9.99. The third kappa shape index (κ3) is 6.46. The van der Waals surface area contributed by atoms with Crippen molar-refractivity contribution in [3.8, 4) is 11.5 Å². The normalized spacial score (nSPS) is 19.7. The van der Waals surface area contributed by atoms with E-state index in [2.05, 4.69) is 59.5 Å². The number of phenolic OH excluding ortho intramolecular Hbond substituents is 1. The Balaban J connectivity index is 1.15. The molecule has 3 aromatic carbocycles. The van der Waals surface area contributed by atoms with Crippen molar-refractivity contribution in [2.75, 3.05) is 32.0 Å². The van der Waals surface area contributed by atoms with E-state index in [0.717, 1.165) is 11.3 Å². The number of thioether (sulfide) groups is 1. The Morgan fingerprint density at radius 2 is 1.56 bits per heavy atom. The van der Waals surface area contributed by atoms with Crippen LogP contribution in [-0.4, -0.2) is 42.0 Å². The summed E-state index contributed by atoms with van der Waals surface area (Å²) in [5.74, 6) is 2.69. The molecule has 2 heterocycles. The lowest BCUT2D eigenvalue weighted by Gasteiger charge is -2.34. The summed E-state index contributed by atoms with van der Waals surface area (Å²) in [5.41, 5.74) is 3.75. The fraction of sp³-hybridized carbons (Fsp3) is 0.438. The van der Waals surface area contributed by atoms with Gasteiger partial charge in [0.05, 0.1) is 6.61 Å².